The van der Waals surface area contributed by atoms with Crippen molar-refractivity contribution in [2.24, 2.45) is 5.92 Å². The molecule has 5 heteroatoms. The molecular weight excluding hydrogens is 268 g/mol. The van der Waals surface area contributed by atoms with Gasteiger partial charge in [-0.05, 0) is 25.3 Å². The quantitative estimate of drug-likeness (QED) is 0.844. The first kappa shape index (κ1) is 15.2. The third kappa shape index (κ3) is 3.29. The van der Waals surface area contributed by atoms with E-state index in [1.165, 1.54) is 4.90 Å². The first-order valence-corrected chi connectivity index (χ1v) is 7.26. The zero-order valence-corrected chi connectivity index (χ0v) is 12.3. The van der Waals surface area contributed by atoms with Crippen LogP contribution in [-0.4, -0.2) is 28.8 Å². The first-order chi connectivity index (χ1) is 10.0. The Morgan fingerprint density at radius 1 is 1.19 bits per heavy atom. The molecule has 1 heterocycles. The second kappa shape index (κ2) is 6.52. The Kier molecular flexibility index (Phi) is 4.73. The molecule has 2 rings (SSSR count). The number of hydrogen-bond donors (Lipinski definition) is 1. The van der Waals surface area contributed by atoms with Gasteiger partial charge in [0.2, 0.25) is 11.8 Å². The van der Waals surface area contributed by atoms with Crippen molar-refractivity contribution >= 4 is 17.8 Å². The maximum Gasteiger partial charge on any atom is 0.331 e. The Labute approximate surface area is 124 Å². The van der Waals surface area contributed by atoms with E-state index in [9.17, 15) is 14.4 Å². The molecule has 1 fully saturated rings. The molecule has 1 N–H and O–H groups in total. The van der Waals surface area contributed by atoms with Crippen molar-refractivity contribution in [3.8, 4) is 0 Å². The van der Waals surface area contributed by atoms with E-state index in [0.717, 1.165) is 12.0 Å². The lowest BCUT2D eigenvalue weighted by Crippen LogP contribution is -2.60. The van der Waals surface area contributed by atoms with Gasteiger partial charge in [-0.1, -0.05) is 43.7 Å². The normalized spacial score (nSPS) is 20.4. The van der Waals surface area contributed by atoms with Gasteiger partial charge in [-0.3, -0.25) is 19.8 Å². The van der Waals surface area contributed by atoms with Gasteiger partial charge < -0.3 is 0 Å². The Morgan fingerprint density at radius 3 is 2.48 bits per heavy atom. The number of benzene rings is 1. The van der Waals surface area contributed by atoms with Gasteiger partial charge in [0.15, 0.2) is 0 Å². The number of nitrogens with one attached hydrogen (secondary N) is 1. The fourth-order valence-electron chi connectivity index (χ4n) is 2.64. The second-order valence-electron chi connectivity index (χ2n) is 5.38. The summed E-state index contributed by atoms with van der Waals surface area (Å²) in [6.45, 7) is 3.73. The predicted octanol–water partition coefficient (Wildman–Crippen LogP) is 2.11. The summed E-state index contributed by atoms with van der Waals surface area (Å²) in [5.74, 6) is -1.60. The van der Waals surface area contributed by atoms with E-state index in [1.54, 1.807) is 0 Å². The Hall–Kier alpha value is -2.17. The SMILES string of the molecule is CCCC1C(=O)NC(=O)N(C(C)Cc2ccccc2)C1=O. The minimum atomic E-state index is -0.745. The molecule has 0 bridgehead atoms. The monoisotopic (exact) mass is 288 g/mol. The average molecular weight is 288 g/mol. The standard InChI is InChI=1S/C16H20N2O3/c1-3-7-13-14(19)17-16(21)18(15(13)20)11(2)10-12-8-5-4-6-9-12/h4-6,8-9,11,13H,3,7,10H2,1-2H3,(H,17,19,21). The van der Waals surface area contributed by atoms with E-state index in [2.05, 4.69) is 5.32 Å². The van der Waals surface area contributed by atoms with Crippen molar-refractivity contribution in [1.29, 1.82) is 0 Å². The summed E-state index contributed by atoms with van der Waals surface area (Å²) >= 11 is 0. The van der Waals surface area contributed by atoms with Crippen LogP contribution in [0.4, 0.5) is 4.79 Å². The van der Waals surface area contributed by atoms with E-state index in [0.29, 0.717) is 12.8 Å². The number of hydrogen-bond acceptors (Lipinski definition) is 3. The summed E-state index contributed by atoms with van der Waals surface area (Å²) in [6.07, 6.45) is 1.76. The number of carbonyl (C=O) groups excluding carboxylic acids is 3. The van der Waals surface area contributed by atoms with Gasteiger partial charge in [-0.15, -0.1) is 0 Å². The van der Waals surface area contributed by atoms with Crippen molar-refractivity contribution in [3.63, 3.8) is 0 Å². The largest absolute Gasteiger partial charge is 0.331 e. The Balaban J connectivity index is 2.14. The van der Waals surface area contributed by atoms with Crippen molar-refractivity contribution in [2.45, 2.75) is 39.2 Å². The highest BCUT2D eigenvalue weighted by molar-refractivity contribution is 6.16. The molecule has 21 heavy (non-hydrogen) atoms. The molecule has 0 spiro atoms. The first-order valence-electron chi connectivity index (χ1n) is 7.26. The van der Waals surface area contributed by atoms with Gasteiger partial charge in [-0.25, -0.2) is 4.79 Å². The van der Waals surface area contributed by atoms with Crippen LogP contribution in [0.1, 0.15) is 32.3 Å². The lowest BCUT2D eigenvalue weighted by Gasteiger charge is -2.34. The highest BCUT2D eigenvalue weighted by atomic mass is 16.2. The zero-order valence-electron chi connectivity index (χ0n) is 12.3. The van der Waals surface area contributed by atoms with Crippen LogP contribution in [0.3, 0.4) is 0 Å². The molecule has 1 aliphatic rings. The van der Waals surface area contributed by atoms with Crippen LogP contribution >= 0.6 is 0 Å². The number of imide groups is 2. The predicted molar refractivity (Wildman–Crippen MR) is 78.4 cm³/mol. The summed E-state index contributed by atoms with van der Waals surface area (Å²) in [5.41, 5.74) is 1.05. The van der Waals surface area contributed by atoms with E-state index < -0.39 is 17.9 Å². The second-order valence-corrected chi connectivity index (χ2v) is 5.38. The van der Waals surface area contributed by atoms with E-state index in [-0.39, 0.29) is 11.9 Å². The lowest BCUT2D eigenvalue weighted by molar-refractivity contribution is -0.144. The number of nitrogens with zero attached hydrogens (tertiary/aromatic N) is 1. The Morgan fingerprint density at radius 2 is 1.86 bits per heavy atom. The molecule has 112 valence electrons. The summed E-state index contributed by atoms with van der Waals surface area (Å²) in [4.78, 5) is 37.3. The molecule has 0 radical (unpaired) electrons. The van der Waals surface area contributed by atoms with Gasteiger partial charge in [0.25, 0.3) is 0 Å². The van der Waals surface area contributed by atoms with Crippen LogP contribution in [0.2, 0.25) is 0 Å². The zero-order chi connectivity index (χ0) is 15.4. The van der Waals surface area contributed by atoms with Crippen molar-refractivity contribution < 1.29 is 14.4 Å². The molecule has 1 aliphatic heterocycles. The number of rotatable bonds is 5. The van der Waals surface area contributed by atoms with Crippen LogP contribution in [0.15, 0.2) is 30.3 Å². The third-order valence-electron chi connectivity index (χ3n) is 3.69. The molecule has 1 aromatic carbocycles. The molecule has 0 aromatic heterocycles. The molecule has 1 aromatic rings. The summed E-state index contributed by atoms with van der Waals surface area (Å²) in [7, 11) is 0. The molecule has 1 saturated heterocycles. The van der Waals surface area contributed by atoms with Crippen molar-refractivity contribution in [1.82, 2.24) is 10.2 Å². The third-order valence-corrected chi connectivity index (χ3v) is 3.69. The van der Waals surface area contributed by atoms with Crippen LogP contribution < -0.4 is 5.32 Å². The van der Waals surface area contributed by atoms with Gasteiger partial charge >= 0.3 is 6.03 Å². The molecular formula is C16H20N2O3. The van der Waals surface area contributed by atoms with Gasteiger partial charge in [0, 0.05) is 6.04 Å². The van der Waals surface area contributed by atoms with Crippen LogP contribution in [-0.2, 0) is 16.0 Å². The van der Waals surface area contributed by atoms with Crippen molar-refractivity contribution in [2.75, 3.05) is 0 Å². The van der Waals surface area contributed by atoms with E-state index in [1.807, 2.05) is 44.2 Å². The lowest BCUT2D eigenvalue weighted by atomic mass is 9.97. The number of carbonyl (C=O) groups is 3. The molecule has 4 amide bonds. The number of urea groups is 1. The van der Waals surface area contributed by atoms with Crippen molar-refractivity contribution in [3.05, 3.63) is 35.9 Å². The minimum absolute atomic E-state index is 0.285. The van der Waals surface area contributed by atoms with E-state index in [4.69, 9.17) is 0 Å². The maximum absolute atomic E-state index is 12.4. The summed E-state index contributed by atoms with van der Waals surface area (Å²) in [5, 5.41) is 2.29. The minimum Gasteiger partial charge on any atom is -0.277 e. The summed E-state index contributed by atoms with van der Waals surface area (Å²) in [6, 6.07) is 8.78. The van der Waals surface area contributed by atoms with Gasteiger partial charge in [0.1, 0.15) is 5.92 Å². The Bertz CT molecular complexity index is 542. The highest BCUT2D eigenvalue weighted by Crippen LogP contribution is 2.19. The number of amides is 4. The van der Waals surface area contributed by atoms with Crippen LogP contribution in [0.25, 0.3) is 0 Å². The molecule has 5 nitrogen and oxygen atoms in total. The topological polar surface area (TPSA) is 66.5 Å². The summed E-state index contributed by atoms with van der Waals surface area (Å²) < 4.78 is 0. The smallest absolute Gasteiger partial charge is 0.277 e. The average Bonchev–Trinajstić information content (AvgIpc) is 2.44. The fraction of sp³-hybridized carbons (Fsp3) is 0.438. The molecule has 2 atom stereocenters. The van der Waals surface area contributed by atoms with Gasteiger partial charge in [0.05, 0.1) is 0 Å². The van der Waals surface area contributed by atoms with Gasteiger partial charge in [-0.2, -0.15) is 0 Å². The van der Waals surface area contributed by atoms with Crippen LogP contribution in [0.5, 0.6) is 0 Å². The number of barbiturate groups is 1. The van der Waals surface area contributed by atoms with E-state index >= 15 is 0 Å². The molecule has 2 unspecified atom stereocenters. The molecule has 0 aliphatic carbocycles. The maximum atomic E-state index is 12.4. The highest BCUT2D eigenvalue weighted by Gasteiger charge is 2.41. The fourth-order valence-corrected chi connectivity index (χ4v) is 2.64. The van der Waals surface area contributed by atoms with Crippen LogP contribution in [0, 0.1) is 5.92 Å². The molecule has 0 saturated carbocycles.